The molecule has 0 saturated heterocycles. The fourth-order valence-corrected chi connectivity index (χ4v) is 1.33. The molecule has 0 nitrogen and oxygen atoms in total. The average Bonchev–Trinajstić information content (AvgIpc) is 2.30. The van der Waals surface area contributed by atoms with Crippen LogP contribution in [0.4, 0.5) is 0 Å². The SMILES string of the molecule is C=C(C)C(C)/C=C/CCCCCCC.CC. The Morgan fingerprint density at radius 2 is 1.69 bits per heavy atom. The Morgan fingerprint density at radius 3 is 2.19 bits per heavy atom. The summed E-state index contributed by atoms with van der Waals surface area (Å²) in [5.74, 6) is 0.547. The maximum absolute atomic E-state index is 3.94. The van der Waals surface area contributed by atoms with E-state index >= 15 is 0 Å². The van der Waals surface area contributed by atoms with Crippen molar-refractivity contribution in [2.75, 3.05) is 0 Å². The van der Waals surface area contributed by atoms with Crippen LogP contribution in [-0.4, -0.2) is 0 Å². The highest BCUT2D eigenvalue weighted by Gasteiger charge is 1.94. The van der Waals surface area contributed by atoms with E-state index in [1.54, 1.807) is 0 Å². The third-order valence-corrected chi connectivity index (χ3v) is 2.68. The molecule has 0 aromatic heterocycles. The predicted octanol–water partition coefficient (Wildman–Crippen LogP) is 6.14. The van der Waals surface area contributed by atoms with Crippen LogP contribution in [0.2, 0.25) is 0 Å². The largest absolute Gasteiger partial charge is 0.0996 e. The van der Waals surface area contributed by atoms with Crippen LogP contribution in [0.3, 0.4) is 0 Å². The predicted molar refractivity (Wildman–Crippen MR) is 77.8 cm³/mol. The van der Waals surface area contributed by atoms with Crippen molar-refractivity contribution < 1.29 is 0 Å². The van der Waals surface area contributed by atoms with Gasteiger partial charge in [0.2, 0.25) is 0 Å². The zero-order valence-corrected chi connectivity index (χ0v) is 12.2. The van der Waals surface area contributed by atoms with Crippen molar-refractivity contribution in [1.82, 2.24) is 0 Å². The highest BCUT2D eigenvalue weighted by Crippen LogP contribution is 2.10. The molecule has 1 unspecified atom stereocenters. The maximum Gasteiger partial charge on any atom is -0.00571 e. The fraction of sp³-hybridized carbons (Fsp3) is 0.750. The van der Waals surface area contributed by atoms with Crippen molar-refractivity contribution in [3.8, 4) is 0 Å². The smallest absolute Gasteiger partial charge is 0.00571 e. The van der Waals surface area contributed by atoms with Crippen LogP contribution in [0.15, 0.2) is 24.3 Å². The zero-order chi connectivity index (χ0) is 12.8. The van der Waals surface area contributed by atoms with Gasteiger partial charge in [0.25, 0.3) is 0 Å². The third-order valence-electron chi connectivity index (χ3n) is 2.68. The van der Waals surface area contributed by atoms with Gasteiger partial charge in [-0.3, -0.25) is 0 Å². The molecular weight excluding hydrogens is 192 g/mol. The van der Waals surface area contributed by atoms with Crippen molar-refractivity contribution in [1.29, 1.82) is 0 Å². The van der Waals surface area contributed by atoms with Crippen molar-refractivity contribution in [3.63, 3.8) is 0 Å². The van der Waals surface area contributed by atoms with Gasteiger partial charge in [0.15, 0.2) is 0 Å². The molecule has 0 heterocycles. The van der Waals surface area contributed by atoms with E-state index in [9.17, 15) is 0 Å². The minimum Gasteiger partial charge on any atom is -0.0996 e. The van der Waals surface area contributed by atoms with Crippen LogP contribution >= 0.6 is 0 Å². The molecule has 1 atom stereocenters. The topological polar surface area (TPSA) is 0 Å². The molecule has 96 valence electrons. The molecule has 0 aliphatic heterocycles. The van der Waals surface area contributed by atoms with E-state index in [0.29, 0.717) is 5.92 Å². The van der Waals surface area contributed by atoms with Crippen LogP contribution in [0.25, 0.3) is 0 Å². The van der Waals surface area contributed by atoms with Gasteiger partial charge in [-0.1, -0.05) is 77.7 Å². The molecule has 0 bridgehead atoms. The molecule has 0 radical (unpaired) electrons. The normalized spacial score (nSPS) is 12.1. The van der Waals surface area contributed by atoms with Gasteiger partial charge in [0.1, 0.15) is 0 Å². The van der Waals surface area contributed by atoms with Gasteiger partial charge in [0.05, 0.1) is 0 Å². The first kappa shape index (κ1) is 17.9. The van der Waals surface area contributed by atoms with Crippen LogP contribution in [-0.2, 0) is 0 Å². The lowest BCUT2D eigenvalue weighted by Gasteiger charge is -2.03. The molecule has 0 aliphatic rings. The first-order valence-corrected chi connectivity index (χ1v) is 7.00. The molecule has 0 fully saturated rings. The molecule has 16 heavy (non-hydrogen) atoms. The molecular formula is C16H32. The van der Waals surface area contributed by atoms with Gasteiger partial charge in [-0.15, -0.1) is 0 Å². The van der Waals surface area contributed by atoms with Crippen molar-refractivity contribution in [3.05, 3.63) is 24.3 Å². The summed E-state index contributed by atoms with van der Waals surface area (Å²) in [5.41, 5.74) is 1.26. The van der Waals surface area contributed by atoms with Crippen LogP contribution < -0.4 is 0 Å². The highest BCUT2D eigenvalue weighted by molar-refractivity contribution is 5.04. The summed E-state index contributed by atoms with van der Waals surface area (Å²) in [4.78, 5) is 0. The van der Waals surface area contributed by atoms with E-state index in [1.165, 1.54) is 44.1 Å². The molecule has 0 aliphatic carbocycles. The van der Waals surface area contributed by atoms with Gasteiger partial charge >= 0.3 is 0 Å². The molecule has 0 saturated carbocycles. The quantitative estimate of drug-likeness (QED) is 0.343. The van der Waals surface area contributed by atoms with E-state index in [4.69, 9.17) is 0 Å². The molecule has 0 rings (SSSR count). The zero-order valence-electron chi connectivity index (χ0n) is 12.2. The van der Waals surface area contributed by atoms with Crippen molar-refractivity contribution in [2.45, 2.75) is 73.1 Å². The number of allylic oxidation sites excluding steroid dienone is 3. The summed E-state index contributed by atoms with van der Waals surface area (Å²) in [5, 5.41) is 0. The van der Waals surface area contributed by atoms with Crippen LogP contribution in [0.5, 0.6) is 0 Å². The Hall–Kier alpha value is -0.520. The third kappa shape index (κ3) is 13.5. The van der Waals surface area contributed by atoms with Crippen molar-refractivity contribution >= 4 is 0 Å². The van der Waals surface area contributed by atoms with Gasteiger partial charge in [-0.05, 0) is 25.7 Å². The van der Waals surface area contributed by atoms with Gasteiger partial charge in [0, 0.05) is 0 Å². The summed E-state index contributed by atoms with van der Waals surface area (Å²) >= 11 is 0. The second-order valence-corrected chi connectivity index (χ2v) is 4.27. The first-order chi connectivity index (χ1) is 7.68. The Balaban J connectivity index is 0. The van der Waals surface area contributed by atoms with E-state index < -0.39 is 0 Å². The lowest BCUT2D eigenvalue weighted by atomic mass is 10.0. The number of rotatable bonds is 8. The van der Waals surface area contributed by atoms with E-state index in [-0.39, 0.29) is 0 Å². The fourth-order valence-electron chi connectivity index (χ4n) is 1.33. The summed E-state index contributed by atoms with van der Waals surface area (Å²) in [6.45, 7) is 14.5. The molecule has 0 amide bonds. The minimum atomic E-state index is 0.547. The average molecular weight is 224 g/mol. The Bertz CT molecular complexity index is 165. The van der Waals surface area contributed by atoms with E-state index in [0.717, 1.165) is 0 Å². The first-order valence-electron chi connectivity index (χ1n) is 7.00. The van der Waals surface area contributed by atoms with Crippen molar-refractivity contribution in [2.24, 2.45) is 5.92 Å². The number of hydrogen-bond acceptors (Lipinski definition) is 0. The molecule has 0 N–H and O–H groups in total. The monoisotopic (exact) mass is 224 g/mol. The van der Waals surface area contributed by atoms with Crippen LogP contribution in [0.1, 0.15) is 73.1 Å². The second-order valence-electron chi connectivity index (χ2n) is 4.27. The standard InChI is InChI=1S/C14H26.C2H6/c1-5-6-7-8-9-10-11-12-14(4)13(2)3;1-2/h11-12,14H,2,5-10H2,1,3-4H3;1-2H3/b12-11+;. The second kappa shape index (κ2) is 14.5. The minimum absolute atomic E-state index is 0.547. The summed E-state index contributed by atoms with van der Waals surface area (Å²) in [7, 11) is 0. The Labute approximate surface area is 104 Å². The highest BCUT2D eigenvalue weighted by atomic mass is 14.0. The molecule has 0 spiro atoms. The molecule has 0 aromatic carbocycles. The lowest BCUT2D eigenvalue weighted by molar-refractivity contribution is 0.636. The number of unbranched alkanes of at least 4 members (excludes halogenated alkanes) is 5. The lowest BCUT2D eigenvalue weighted by Crippen LogP contribution is -1.88. The molecule has 0 aromatic rings. The van der Waals surface area contributed by atoms with Gasteiger partial charge < -0.3 is 0 Å². The van der Waals surface area contributed by atoms with Crippen LogP contribution in [0, 0.1) is 5.92 Å². The Kier molecular flexibility index (Phi) is 16.2. The maximum atomic E-state index is 3.94. The van der Waals surface area contributed by atoms with E-state index in [1.807, 2.05) is 13.8 Å². The molecule has 0 heteroatoms. The van der Waals surface area contributed by atoms with E-state index in [2.05, 4.69) is 39.5 Å². The van der Waals surface area contributed by atoms with Gasteiger partial charge in [-0.25, -0.2) is 0 Å². The van der Waals surface area contributed by atoms with Gasteiger partial charge in [-0.2, -0.15) is 0 Å². The number of hydrogen-bond donors (Lipinski definition) is 0. The summed E-state index contributed by atoms with van der Waals surface area (Å²) in [6.07, 6.45) is 12.7. The summed E-state index contributed by atoms with van der Waals surface area (Å²) in [6, 6.07) is 0. The summed E-state index contributed by atoms with van der Waals surface area (Å²) < 4.78 is 0. The Morgan fingerprint density at radius 1 is 1.12 bits per heavy atom.